The van der Waals surface area contributed by atoms with Crippen LogP contribution in [0.2, 0.25) is 0 Å². The predicted molar refractivity (Wildman–Crippen MR) is 68.7 cm³/mol. The molecule has 1 aromatic carbocycles. The second kappa shape index (κ2) is 5.20. The highest BCUT2D eigenvalue weighted by molar-refractivity contribution is 7.89. The van der Waals surface area contributed by atoms with Gasteiger partial charge in [0.15, 0.2) is 0 Å². The third kappa shape index (κ3) is 2.47. The van der Waals surface area contributed by atoms with Crippen molar-refractivity contribution < 1.29 is 13.2 Å². The average Bonchev–Trinajstić information content (AvgIpc) is 2.39. The zero-order chi connectivity index (χ0) is 13.2. The molecule has 0 saturated carbocycles. The minimum atomic E-state index is -3.46. The minimum Gasteiger partial charge on any atom is -0.303 e. The van der Waals surface area contributed by atoms with E-state index in [-0.39, 0.29) is 5.92 Å². The van der Waals surface area contributed by atoms with Crippen molar-refractivity contribution in [3.05, 3.63) is 29.8 Å². The van der Waals surface area contributed by atoms with Crippen molar-refractivity contribution >= 4 is 16.3 Å². The second-order valence-electron chi connectivity index (χ2n) is 4.67. The molecular formula is C13H17NO3S. The zero-order valence-electron chi connectivity index (χ0n) is 10.4. The van der Waals surface area contributed by atoms with E-state index < -0.39 is 10.0 Å². The van der Waals surface area contributed by atoms with Gasteiger partial charge in [-0.3, -0.25) is 0 Å². The van der Waals surface area contributed by atoms with Crippen LogP contribution in [0.15, 0.2) is 29.2 Å². The van der Waals surface area contributed by atoms with Gasteiger partial charge in [-0.2, -0.15) is 4.31 Å². The van der Waals surface area contributed by atoms with E-state index in [1.807, 2.05) is 6.07 Å². The van der Waals surface area contributed by atoms with Gasteiger partial charge >= 0.3 is 0 Å². The topological polar surface area (TPSA) is 54.5 Å². The number of sulfonamides is 1. The van der Waals surface area contributed by atoms with Crippen LogP contribution in [-0.4, -0.2) is 32.1 Å². The molecule has 18 heavy (non-hydrogen) atoms. The van der Waals surface area contributed by atoms with E-state index >= 15 is 0 Å². The maximum absolute atomic E-state index is 12.5. The third-order valence-electron chi connectivity index (χ3n) is 3.32. The lowest BCUT2D eigenvalue weighted by atomic mass is 10.0. The van der Waals surface area contributed by atoms with Crippen molar-refractivity contribution in [3.8, 4) is 0 Å². The van der Waals surface area contributed by atoms with Crippen molar-refractivity contribution in [1.82, 2.24) is 4.31 Å². The molecule has 1 saturated heterocycles. The monoisotopic (exact) mass is 267 g/mol. The fraction of sp³-hybridized carbons (Fsp3) is 0.462. The molecule has 1 aliphatic heterocycles. The summed E-state index contributed by atoms with van der Waals surface area (Å²) in [4.78, 5) is 11.2. The van der Waals surface area contributed by atoms with E-state index in [0.717, 1.165) is 24.7 Å². The normalized spacial score (nSPS) is 21.7. The molecule has 4 nitrogen and oxygen atoms in total. The summed E-state index contributed by atoms with van der Waals surface area (Å²) in [6, 6.07) is 6.95. The molecule has 0 bridgehead atoms. The number of piperidine rings is 1. The Morgan fingerprint density at radius 1 is 1.33 bits per heavy atom. The lowest BCUT2D eigenvalue weighted by Gasteiger charge is -2.29. The Bertz CT molecular complexity index is 539. The van der Waals surface area contributed by atoms with Crippen LogP contribution in [-0.2, 0) is 14.8 Å². The molecule has 0 amide bonds. The Labute approximate surface area is 108 Å². The summed E-state index contributed by atoms with van der Waals surface area (Å²) in [6.45, 7) is 2.59. The predicted octanol–water partition coefficient (Wildman–Crippen LogP) is 1.59. The van der Waals surface area contributed by atoms with Gasteiger partial charge in [0, 0.05) is 19.0 Å². The molecule has 1 atom stereocenters. The molecule has 1 unspecified atom stereocenters. The van der Waals surface area contributed by atoms with Crippen LogP contribution in [0.3, 0.4) is 0 Å². The molecule has 0 aromatic heterocycles. The molecule has 0 aliphatic carbocycles. The molecule has 98 valence electrons. The molecular weight excluding hydrogens is 250 g/mol. The van der Waals surface area contributed by atoms with Gasteiger partial charge in [-0.1, -0.05) is 18.2 Å². The summed E-state index contributed by atoms with van der Waals surface area (Å²) in [5, 5.41) is 0. The number of rotatable bonds is 3. The van der Waals surface area contributed by atoms with E-state index in [0.29, 0.717) is 18.0 Å². The van der Waals surface area contributed by atoms with Crippen molar-refractivity contribution in [2.75, 3.05) is 13.1 Å². The standard InChI is InChI=1S/C13H17NO3S/c1-11-5-2-3-7-13(11)18(16,17)14-8-4-6-12(9-14)10-15/h2-3,5,7,10,12H,4,6,8-9H2,1H3. The number of carbonyl (C=O) groups is 1. The quantitative estimate of drug-likeness (QED) is 0.782. The van der Waals surface area contributed by atoms with Crippen LogP contribution in [0.4, 0.5) is 0 Å². The van der Waals surface area contributed by atoms with Gasteiger partial charge in [-0.05, 0) is 31.4 Å². The highest BCUT2D eigenvalue weighted by Crippen LogP contribution is 2.24. The molecule has 1 aromatic rings. The van der Waals surface area contributed by atoms with Gasteiger partial charge in [0.2, 0.25) is 10.0 Å². The van der Waals surface area contributed by atoms with Crippen molar-refractivity contribution in [3.63, 3.8) is 0 Å². The van der Waals surface area contributed by atoms with E-state index in [2.05, 4.69) is 0 Å². The first-order chi connectivity index (χ1) is 8.55. The molecule has 0 N–H and O–H groups in total. The van der Waals surface area contributed by atoms with Gasteiger partial charge in [0.1, 0.15) is 6.29 Å². The van der Waals surface area contributed by atoms with Crippen LogP contribution < -0.4 is 0 Å². The van der Waals surface area contributed by atoms with Gasteiger partial charge in [0.25, 0.3) is 0 Å². The summed E-state index contributed by atoms with van der Waals surface area (Å²) >= 11 is 0. The fourth-order valence-corrected chi connectivity index (χ4v) is 4.05. The van der Waals surface area contributed by atoms with Gasteiger partial charge < -0.3 is 4.79 Å². The Kier molecular flexibility index (Phi) is 3.82. The number of aldehydes is 1. The number of hydrogen-bond acceptors (Lipinski definition) is 3. The Hall–Kier alpha value is -1.20. The molecule has 1 fully saturated rings. The lowest BCUT2D eigenvalue weighted by molar-refractivity contribution is -0.112. The molecule has 1 heterocycles. The average molecular weight is 267 g/mol. The van der Waals surface area contributed by atoms with E-state index in [1.165, 1.54) is 4.31 Å². The summed E-state index contributed by atoms with van der Waals surface area (Å²) < 4.78 is 26.4. The lowest BCUT2D eigenvalue weighted by Crippen LogP contribution is -2.40. The first kappa shape index (κ1) is 13.2. The Balaban J connectivity index is 2.31. The molecule has 2 rings (SSSR count). The SMILES string of the molecule is Cc1ccccc1S(=O)(=O)N1CCCC(C=O)C1. The highest BCUT2D eigenvalue weighted by atomic mass is 32.2. The van der Waals surface area contributed by atoms with E-state index in [4.69, 9.17) is 0 Å². The molecule has 5 heteroatoms. The molecule has 0 radical (unpaired) electrons. The van der Waals surface area contributed by atoms with Crippen LogP contribution in [0.1, 0.15) is 18.4 Å². The molecule has 1 aliphatic rings. The summed E-state index contributed by atoms with van der Waals surface area (Å²) in [6.07, 6.45) is 2.39. The zero-order valence-corrected chi connectivity index (χ0v) is 11.2. The smallest absolute Gasteiger partial charge is 0.243 e. The van der Waals surface area contributed by atoms with Crippen LogP contribution in [0.5, 0.6) is 0 Å². The third-order valence-corrected chi connectivity index (χ3v) is 5.35. The molecule has 0 spiro atoms. The fourth-order valence-electron chi connectivity index (χ4n) is 2.29. The van der Waals surface area contributed by atoms with Gasteiger partial charge in [-0.25, -0.2) is 8.42 Å². The maximum atomic E-state index is 12.5. The Morgan fingerprint density at radius 3 is 2.72 bits per heavy atom. The van der Waals surface area contributed by atoms with Crippen molar-refractivity contribution in [1.29, 1.82) is 0 Å². The largest absolute Gasteiger partial charge is 0.303 e. The number of carbonyl (C=O) groups excluding carboxylic acids is 1. The highest BCUT2D eigenvalue weighted by Gasteiger charge is 2.30. The van der Waals surface area contributed by atoms with E-state index in [9.17, 15) is 13.2 Å². The van der Waals surface area contributed by atoms with E-state index in [1.54, 1.807) is 25.1 Å². The van der Waals surface area contributed by atoms with Crippen LogP contribution >= 0.6 is 0 Å². The summed E-state index contributed by atoms with van der Waals surface area (Å²) in [7, 11) is -3.46. The minimum absolute atomic E-state index is 0.169. The summed E-state index contributed by atoms with van der Waals surface area (Å²) in [5.41, 5.74) is 0.741. The number of aryl methyl sites for hydroxylation is 1. The van der Waals surface area contributed by atoms with Gasteiger partial charge in [0.05, 0.1) is 4.90 Å². The van der Waals surface area contributed by atoms with Crippen molar-refractivity contribution in [2.45, 2.75) is 24.7 Å². The second-order valence-corrected chi connectivity index (χ2v) is 6.57. The Morgan fingerprint density at radius 2 is 2.06 bits per heavy atom. The number of benzene rings is 1. The number of hydrogen-bond donors (Lipinski definition) is 0. The maximum Gasteiger partial charge on any atom is 0.243 e. The van der Waals surface area contributed by atoms with Crippen LogP contribution in [0, 0.1) is 12.8 Å². The van der Waals surface area contributed by atoms with Crippen molar-refractivity contribution in [2.24, 2.45) is 5.92 Å². The van der Waals surface area contributed by atoms with Gasteiger partial charge in [-0.15, -0.1) is 0 Å². The first-order valence-corrected chi connectivity index (χ1v) is 7.51. The first-order valence-electron chi connectivity index (χ1n) is 6.07. The van der Waals surface area contributed by atoms with Crippen LogP contribution in [0.25, 0.3) is 0 Å². The number of nitrogens with zero attached hydrogens (tertiary/aromatic N) is 1. The summed E-state index contributed by atoms with van der Waals surface area (Å²) in [5.74, 6) is -0.169.